The Morgan fingerprint density at radius 3 is 2.59 bits per heavy atom. The molecule has 0 fully saturated rings. The molecule has 2 rings (SSSR count). The van der Waals surface area contributed by atoms with Crippen molar-refractivity contribution in [3.05, 3.63) is 52.5 Å². The smallest absolute Gasteiger partial charge is 0.332 e. The highest BCUT2D eigenvalue weighted by molar-refractivity contribution is 7.07. The van der Waals surface area contributed by atoms with Gasteiger partial charge in [0.15, 0.2) is 0 Å². The summed E-state index contributed by atoms with van der Waals surface area (Å²) in [6.07, 6.45) is -4.83. The van der Waals surface area contributed by atoms with Gasteiger partial charge in [-0.3, -0.25) is 0 Å². The summed E-state index contributed by atoms with van der Waals surface area (Å²) in [5.74, 6) is 0. The molecule has 0 radical (unpaired) electrons. The molecule has 2 aromatic rings. The number of urea groups is 1. The number of carbonyl (C=O) groups is 1. The third-order valence-corrected chi connectivity index (χ3v) is 3.53. The van der Waals surface area contributed by atoms with Crippen molar-refractivity contribution < 1.29 is 18.0 Å². The number of amides is 2. The Kier molecular flexibility index (Phi) is 5.37. The van der Waals surface area contributed by atoms with Crippen LogP contribution in [0.4, 0.5) is 18.0 Å². The second-order valence-corrected chi connectivity index (χ2v) is 5.31. The van der Waals surface area contributed by atoms with Crippen molar-refractivity contribution in [1.29, 1.82) is 0 Å². The number of alkyl halides is 3. The minimum absolute atomic E-state index is 0.0885. The largest absolute Gasteiger partial charge is 0.408 e. The van der Waals surface area contributed by atoms with Gasteiger partial charge in [-0.05, 0) is 5.56 Å². The Morgan fingerprint density at radius 1 is 1.27 bits per heavy atom. The van der Waals surface area contributed by atoms with Crippen LogP contribution in [0.25, 0.3) is 0 Å². The fourth-order valence-corrected chi connectivity index (χ4v) is 2.36. The summed E-state index contributed by atoms with van der Waals surface area (Å²) in [5.41, 5.74) is 2.69. The van der Waals surface area contributed by atoms with E-state index in [0.717, 1.165) is 0 Å². The van der Waals surface area contributed by atoms with Crippen LogP contribution in [0.5, 0.6) is 0 Å². The first-order valence-electron chi connectivity index (χ1n) is 6.47. The highest BCUT2D eigenvalue weighted by atomic mass is 32.1. The molecule has 0 saturated heterocycles. The Morgan fingerprint density at radius 2 is 2.00 bits per heavy atom. The molecule has 0 spiro atoms. The first-order valence-corrected chi connectivity index (χ1v) is 7.41. The first-order chi connectivity index (χ1) is 10.4. The highest BCUT2D eigenvalue weighted by Gasteiger charge is 2.40. The molecule has 0 unspecified atom stereocenters. The highest BCUT2D eigenvalue weighted by Crippen LogP contribution is 2.23. The van der Waals surface area contributed by atoms with E-state index in [1.54, 1.807) is 41.2 Å². The summed E-state index contributed by atoms with van der Waals surface area (Å²) in [7, 11) is 0. The van der Waals surface area contributed by atoms with Crippen molar-refractivity contribution >= 4 is 17.4 Å². The summed E-state index contributed by atoms with van der Waals surface area (Å²) < 4.78 is 39.1. The number of hydrogen-bond donors (Lipinski definition) is 2. The number of benzene rings is 1. The van der Waals surface area contributed by atoms with Crippen molar-refractivity contribution in [1.82, 2.24) is 15.6 Å². The van der Waals surface area contributed by atoms with Gasteiger partial charge >= 0.3 is 12.2 Å². The number of hydrogen-bond acceptors (Lipinski definition) is 3. The Bertz CT molecular complexity index is 587. The Hall–Kier alpha value is -2.09. The van der Waals surface area contributed by atoms with Crippen LogP contribution in [0.2, 0.25) is 0 Å². The summed E-state index contributed by atoms with van der Waals surface area (Å²) >= 11 is 1.35. The summed E-state index contributed by atoms with van der Waals surface area (Å²) in [5, 5.41) is 6.05. The maximum absolute atomic E-state index is 13.0. The molecule has 0 aliphatic rings. The summed E-state index contributed by atoms with van der Waals surface area (Å²) in [6, 6.07) is 5.41. The molecule has 118 valence electrons. The number of nitrogens with one attached hydrogen (secondary N) is 2. The number of aromatic nitrogens is 1. The van der Waals surface area contributed by atoms with Crippen LogP contribution in [-0.2, 0) is 13.0 Å². The molecule has 8 heteroatoms. The molecule has 0 saturated carbocycles. The zero-order valence-corrected chi connectivity index (χ0v) is 12.2. The van der Waals surface area contributed by atoms with Crippen molar-refractivity contribution in [3.63, 3.8) is 0 Å². The molecule has 0 aliphatic carbocycles. The van der Waals surface area contributed by atoms with E-state index in [1.807, 2.05) is 5.32 Å². The molecule has 0 bridgehead atoms. The lowest BCUT2D eigenvalue weighted by Crippen LogP contribution is -2.50. The molecular weight excluding hydrogens is 315 g/mol. The van der Waals surface area contributed by atoms with E-state index < -0.39 is 18.2 Å². The predicted molar refractivity (Wildman–Crippen MR) is 77.5 cm³/mol. The third kappa shape index (κ3) is 5.03. The molecule has 1 aromatic carbocycles. The quantitative estimate of drug-likeness (QED) is 0.885. The van der Waals surface area contributed by atoms with Crippen LogP contribution in [0.15, 0.2) is 41.2 Å². The van der Waals surface area contributed by atoms with Crippen molar-refractivity contribution in [3.8, 4) is 0 Å². The fraction of sp³-hybridized carbons (Fsp3) is 0.286. The van der Waals surface area contributed by atoms with Gasteiger partial charge in [0.05, 0.1) is 17.7 Å². The topological polar surface area (TPSA) is 54.0 Å². The summed E-state index contributed by atoms with van der Waals surface area (Å²) in [6.45, 7) is 0.0885. The fourth-order valence-electron chi connectivity index (χ4n) is 1.80. The maximum atomic E-state index is 13.0. The SMILES string of the molecule is O=C(NCc1cscn1)N[C@@H](Cc1ccccc1)C(F)(F)F. The molecule has 4 nitrogen and oxygen atoms in total. The van der Waals surface area contributed by atoms with Gasteiger partial charge in [-0.1, -0.05) is 30.3 Å². The van der Waals surface area contributed by atoms with Gasteiger partial charge in [-0.25, -0.2) is 9.78 Å². The number of nitrogens with zero attached hydrogens (tertiary/aromatic N) is 1. The lowest BCUT2D eigenvalue weighted by molar-refractivity contribution is -0.152. The molecule has 1 heterocycles. The zero-order chi connectivity index (χ0) is 16.0. The number of halogens is 3. The number of rotatable bonds is 5. The van der Waals surface area contributed by atoms with Crippen molar-refractivity contribution in [2.45, 2.75) is 25.2 Å². The Balaban J connectivity index is 1.93. The van der Waals surface area contributed by atoms with Crippen LogP contribution in [0, 0.1) is 0 Å². The maximum Gasteiger partial charge on any atom is 0.408 e. The number of carbonyl (C=O) groups excluding carboxylic acids is 1. The second kappa shape index (κ2) is 7.26. The summed E-state index contributed by atoms with van der Waals surface area (Å²) in [4.78, 5) is 15.6. The molecule has 1 aromatic heterocycles. The standard InChI is InChI=1S/C14H14F3N3OS/c15-14(16,17)12(6-10-4-2-1-3-5-10)20-13(21)18-7-11-8-22-9-19-11/h1-5,8-9,12H,6-7H2,(H2,18,20,21)/t12-/m0/s1. The predicted octanol–water partition coefficient (Wildman–Crippen LogP) is 3.12. The van der Waals surface area contributed by atoms with E-state index >= 15 is 0 Å². The van der Waals surface area contributed by atoms with Gasteiger partial charge in [-0.2, -0.15) is 13.2 Å². The van der Waals surface area contributed by atoms with Crippen molar-refractivity contribution in [2.24, 2.45) is 0 Å². The Labute approximate surface area is 129 Å². The van der Waals surface area contributed by atoms with E-state index in [4.69, 9.17) is 0 Å². The molecule has 1 atom stereocenters. The molecule has 2 N–H and O–H groups in total. The number of thiazole rings is 1. The molecule has 2 amide bonds. The average molecular weight is 329 g/mol. The van der Waals surface area contributed by atoms with E-state index in [0.29, 0.717) is 11.3 Å². The zero-order valence-electron chi connectivity index (χ0n) is 11.4. The molecule has 22 heavy (non-hydrogen) atoms. The van der Waals surface area contributed by atoms with Gasteiger partial charge in [0.2, 0.25) is 0 Å². The average Bonchev–Trinajstić information content (AvgIpc) is 2.98. The monoisotopic (exact) mass is 329 g/mol. The molecule has 0 aliphatic heterocycles. The van der Waals surface area contributed by atoms with Crippen LogP contribution in [-0.4, -0.2) is 23.2 Å². The first kappa shape index (κ1) is 16.3. The molecular formula is C14H14F3N3OS. The van der Waals surface area contributed by atoms with Gasteiger partial charge in [-0.15, -0.1) is 11.3 Å². The van der Waals surface area contributed by atoms with Gasteiger partial charge in [0, 0.05) is 11.8 Å². The van der Waals surface area contributed by atoms with E-state index in [-0.39, 0.29) is 13.0 Å². The van der Waals surface area contributed by atoms with Crippen LogP contribution in [0.3, 0.4) is 0 Å². The van der Waals surface area contributed by atoms with Gasteiger partial charge in [0.25, 0.3) is 0 Å². The van der Waals surface area contributed by atoms with E-state index in [2.05, 4.69) is 10.3 Å². The second-order valence-electron chi connectivity index (χ2n) is 4.59. The lowest BCUT2D eigenvalue weighted by atomic mass is 10.1. The van der Waals surface area contributed by atoms with Crippen molar-refractivity contribution in [2.75, 3.05) is 0 Å². The minimum atomic E-state index is -4.52. The normalized spacial score (nSPS) is 12.7. The lowest BCUT2D eigenvalue weighted by Gasteiger charge is -2.22. The van der Waals surface area contributed by atoms with E-state index in [9.17, 15) is 18.0 Å². The van der Waals surface area contributed by atoms with Crippen LogP contribution >= 0.6 is 11.3 Å². The van der Waals surface area contributed by atoms with Gasteiger partial charge < -0.3 is 10.6 Å². The van der Waals surface area contributed by atoms with Gasteiger partial charge in [0.1, 0.15) is 6.04 Å². The minimum Gasteiger partial charge on any atom is -0.332 e. The third-order valence-electron chi connectivity index (χ3n) is 2.90. The van der Waals surface area contributed by atoms with Crippen LogP contribution in [0.1, 0.15) is 11.3 Å². The van der Waals surface area contributed by atoms with Crippen LogP contribution < -0.4 is 10.6 Å². The van der Waals surface area contributed by atoms with E-state index in [1.165, 1.54) is 11.3 Å².